The lowest BCUT2D eigenvalue weighted by atomic mass is 10.1. The second-order valence-electron chi connectivity index (χ2n) is 4.82. The van der Waals surface area contributed by atoms with Crippen molar-refractivity contribution in [3.8, 4) is 0 Å². The number of anilines is 1. The van der Waals surface area contributed by atoms with Gasteiger partial charge in [-0.2, -0.15) is 0 Å². The number of rotatable bonds is 9. The van der Waals surface area contributed by atoms with Gasteiger partial charge in [0.15, 0.2) is 0 Å². The summed E-state index contributed by atoms with van der Waals surface area (Å²) in [6, 6.07) is 3.10. The first-order valence-electron chi connectivity index (χ1n) is 7.25. The predicted octanol–water partition coefficient (Wildman–Crippen LogP) is 2.76. The smallest absolute Gasteiger partial charge is 0.241 e. The van der Waals surface area contributed by atoms with E-state index in [0.717, 1.165) is 32.2 Å². The van der Waals surface area contributed by atoms with Crippen molar-refractivity contribution in [2.45, 2.75) is 57.4 Å². The zero-order valence-electron chi connectivity index (χ0n) is 12.5. The van der Waals surface area contributed by atoms with Gasteiger partial charge in [0.1, 0.15) is 5.82 Å². The summed E-state index contributed by atoms with van der Waals surface area (Å²) < 4.78 is 27.4. The van der Waals surface area contributed by atoms with E-state index in [4.69, 9.17) is 0 Å². The average molecular weight is 299 g/mol. The largest absolute Gasteiger partial charge is 0.370 e. The molecule has 0 bridgehead atoms. The van der Waals surface area contributed by atoms with Gasteiger partial charge in [-0.05, 0) is 25.3 Å². The van der Waals surface area contributed by atoms with Crippen molar-refractivity contribution < 1.29 is 8.42 Å². The molecular formula is C14H25N3O2S. The summed E-state index contributed by atoms with van der Waals surface area (Å²) in [4.78, 5) is 4.39. The van der Waals surface area contributed by atoms with Crippen molar-refractivity contribution in [3.05, 3.63) is 18.3 Å². The van der Waals surface area contributed by atoms with Gasteiger partial charge in [0, 0.05) is 24.8 Å². The van der Waals surface area contributed by atoms with Crippen molar-refractivity contribution >= 4 is 15.8 Å². The molecule has 6 heteroatoms. The van der Waals surface area contributed by atoms with E-state index in [2.05, 4.69) is 21.9 Å². The number of sulfonamides is 1. The van der Waals surface area contributed by atoms with E-state index < -0.39 is 10.0 Å². The highest BCUT2D eigenvalue weighted by Crippen LogP contribution is 2.14. The molecule has 0 saturated heterocycles. The Bertz CT molecular complexity index is 503. The van der Waals surface area contributed by atoms with E-state index in [1.54, 1.807) is 6.07 Å². The van der Waals surface area contributed by atoms with Gasteiger partial charge in [0.2, 0.25) is 10.0 Å². The first-order valence-corrected chi connectivity index (χ1v) is 8.74. The molecular weight excluding hydrogens is 274 g/mol. The molecule has 1 rings (SSSR count). The van der Waals surface area contributed by atoms with Crippen LogP contribution in [0.4, 0.5) is 5.82 Å². The quantitative estimate of drug-likeness (QED) is 0.735. The van der Waals surface area contributed by atoms with Crippen LogP contribution in [-0.4, -0.2) is 26.0 Å². The van der Waals surface area contributed by atoms with E-state index >= 15 is 0 Å². The molecule has 1 atom stereocenters. The molecule has 1 aromatic heterocycles. The Morgan fingerprint density at radius 2 is 2.00 bits per heavy atom. The van der Waals surface area contributed by atoms with Crippen molar-refractivity contribution in [2.24, 2.45) is 0 Å². The Hall–Kier alpha value is -1.14. The van der Waals surface area contributed by atoms with Crippen LogP contribution >= 0.6 is 0 Å². The minimum absolute atomic E-state index is 0.00906. The molecule has 114 valence electrons. The van der Waals surface area contributed by atoms with E-state index in [0.29, 0.717) is 5.82 Å². The number of nitrogens with one attached hydrogen (secondary N) is 2. The molecule has 20 heavy (non-hydrogen) atoms. The number of nitrogens with zero attached hydrogens (tertiary/aromatic N) is 1. The first kappa shape index (κ1) is 16.9. The summed E-state index contributed by atoms with van der Waals surface area (Å²) in [7, 11) is -3.47. The normalized spacial score (nSPS) is 13.2. The van der Waals surface area contributed by atoms with E-state index in [-0.39, 0.29) is 10.9 Å². The molecule has 0 aromatic carbocycles. The van der Waals surface area contributed by atoms with E-state index in [9.17, 15) is 8.42 Å². The Morgan fingerprint density at radius 1 is 1.25 bits per heavy atom. The second-order valence-corrected chi connectivity index (χ2v) is 6.53. The summed E-state index contributed by atoms with van der Waals surface area (Å²) in [5, 5.41) is 3.10. The SMILES string of the molecule is CCCNc1cc(S(=O)(=O)NC(CC)CCC)ccn1. The van der Waals surface area contributed by atoms with Crippen LogP contribution < -0.4 is 10.0 Å². The van der Waals surface area contributed by atoms with Crippen molar-refractivity contribution in [1.29, 1.82) is 0 Å². The van der Waals surface area contributed by atoms with Gasteiger partial charge < -0.3 is 5.32 Å². The van der Waals surface area contributed by atoms with Crippen LogP contribution in [0.1, 0.15) is 46.5 Å². The van der Waals surface area contributed by atoms with E-state index in [1.807, 2.05) is 13.8 Å². The van der Waals surface area contributed by atoms with Crippen LogP contribution in [0.15, 0.2) is 23.2 Å². The first-order chi connectivity index (χ1) is 9.53. The van der Waals surface area contributed by atoms with Crippen molar-refractivity contribution in [2.75, 3.05) is 11.9 Å². The Kier molecular flexibility index (Phi) is 6.95. The second kappa shape index (κ2) is 8.21. The summed E-state index contributed by atoms with van der Waals surface area (Å²) in [5.41, 5.74) is 0. The third kappa shape index (κ3) is 5.09. The highest BCUT2D eigenvalue weighted by Gasteiger charge is 2.19. The van der Waals surface area contributed by atoms with Crippen LogP contribution in [0.5, 0.6) is 0 Å². The van der Waals surface area contributed by atoms with Crippen molar-refractivity contribution in [3.63, 3.8) is 0 Å². The molecule has 0 amide bonds. The molecule has 0 saturated carbocycles. The maximum atomic E-state index is 12.3. The van der Waals surface area contributed by atoms with Crippen LogP contribution in [0.3, 0.4) is 0 Å². The molecule has 1 aromatic rings. The summed E-state index contributed by atoms with van der Waals surface area (Å²) in [5.74, 6) is 0.596. The van der Waals surface area contributed by atoms with Crippen LogP contribution in [-0.2, 0) is 10.0 Å². The highest BCUT2D eigenvalue weighted by atomic mass is 32.2. The maximum absolute atomic E-state index is 12.3. The molecule has 1 unspecified atom stereocenters. The van der Waals surface area contributed by atoms with Gasteiger partial charge in [-0.15, -0.1) is 0 Å². The number of pyridine rings is 1. The lowest BCUT2D eigenvalue weighted by Crippen LogP contribution is -2.34. The molecule has 0 radical (unpaired) electrons. The van der Waals surface area contributed by atoms with Crippen LogP contribution in [0.25, 0.3) is 0 Å². The van der Waals surface area contributed by atoms with Crippen molar-refractivity contribution in [1.82, 2.24) is 9.71 Å². The predicted molar refractivity (Wildman–Crippen MR) is 82.3 cm³/mol. The van der Waals surface area contributed by atoms with Gasteiger partial charge in [-0.1, -0.05) is 27.2 Å². The lowest BCUT2D eigenvalue weighted by Gasteiger charge is -2.16. The van der Waals surface area contributed by atoms with Crippen LogP contribution in [0.2, 0.25) is 0 Å². The summed E-state index contributed by atoms with van der Waals surface area (Å²) >= 11 is 0. The maximum Gasteiger partial charge on any atom is 0.241 e. The van der Waals surface area contributed by atoms with Gasteiger partial charge in [0.05, 0.1) is 4.90 Å². The molecule has 0 spiro atoms. The van der Waals surface area contributed by atoms with E-state index in [1.165, 1.54) is 12.3 Å². The third-order valence-electron chi connectivity index (χ3n) is 3.05. The molecule has 0 aliphatic rings. The van der Waals surface area contributed by atoms with Gasteiger partial charge in [-0.25, -0.2) is 18.1 Å². The molecule has 1 heterocycles. The number of hydrogen-bond acceptors (Lipinski definition) is 4. The zero-order chi connectivity index (χ0) is 15.0. The minimum Gasteiger partial charge on any atom is -0.370 e. The van der Waals surface area contributed by atoms with Gasteiger partial charge in [-0.3, -0.25) is 0 Å². The third-order valence-corrected chi connectivity index (χ3v) is 4.57. The Labute approximate surface area is 122 Å². The standard InChI is InChI=1S/C14H25N3O2S/c1-4-7-12(6-3)17-20(18,19)13-8-10-16-14(11-13)15-9-5-2/h8,10-12,17H,4-7,9H2,1-3H3,(H,15,16). The Balaban J connectivity index is 2.85. The topological polar surface area (TPSA) is 71.1 Å². The molecule has 0 aliphatic heterocycles. The average Bonchev–Trinajstić information content (AvgIpc) is 2.44. The van der Waals surface area contributed by atoms with Gasteiger partial charge >= 0.3 is 0 Å². The number of hydrogen-bond donors (Lipinski definition) is 2. The summed E-state index contributed by atoms with van der Waals surface area (Å²) in [6.07, 6.45) is 5.08. The molecule has 0 aliphatic carbocycles. The summed E-state index contributed by atoms with van der Waals surface area (Å²) in [6.45, 7) is 6.86. The zero-order valence-corrected chi connectivity index (χ0v) is 13.3. The highest BCUT2D eigenvalue weighted by molar-refractivity contribution is 7.89. The Morgan fingerprint density at radius 3 is 2.60 bits per heavy atom. The molecule has 2 N–H and O–H groups in total. The fraction of sp³-hybridized carbons (Fsp3) is 0.643. The number of aromatic nitrogens is 1. The molecule has 0 fully saturated rings. The lowest BCUT2D eigenvalue weighted by molar-refractivity contribution is 0.512. The van der Waals surface area contributed by atoms with Crippen LogP contribution in [0, 0.1) is 0 Å². The fourth-order valence-electron chi connectivity index (χ4n) is 1.91. The monoisotopic (exact) mass is 299 g/mol. The fourth-order valence-corrected chi connectivity index (χ4v) is 3.28. The van der Waals surface area contributed by atoms with Gasteiger partial charge in [0.25, 0.3) is 0 Å². The molecule has 5 nitrogen and oxygen atoms in total. The minimum atomic E-state index is -3.47.